The maximum atomic E-state index is 11.4. The van der Waals surface area contributed by atoms with Crippen LogP contribution < -0.4 is 4.74 Å². The number of carbonyl (C=O) groups excluding carboxylic acids is 2. The molecule has 0 radical (unpaired) electrons. The number of rotatable bonds is 5. The Kier molecular flexibility index (Phi) is 4.69. The van der Waals surface area contributed by atoms with Gasteiger partial charge in [0.15, 0.2) is 6.29 Å². The van der Waals surface area contributed by atoms with Crippen molar-refractivity contribution >= 4 is 12.3 Å². The van der Waals surface area contributed by atoms with Crippen LogP contribution in [0.2, 0.25) is 0 Å². The Hall–Kier alpha value is -1.84. The normalized spacial score (nSPS) is 9.82. The van der Waals surface area contributed by atoms with Crippen LogP contribution in [0.5, 0.6) is 5.75 Å². The van der Waals surface area contributed by atoms with Crippen LogP contribution in [0.4, 0.5) is 0 Å². The summed E-state index contributed by atoms with van der Waals surface area (Å²) in [5, 5.41) is 0. The lowest BCUT2D eigenvalue weighted by Gasteiger charge is -2.10. The molecule has 0 unspecified atom stereocenters. The first kappa shape index (κ1) is 13.2. The second kappa shape index (κ2) is 6.03. The Morgan fingerprint density at radius 1 is 1.41 bits per heavy atom. The number of aryl methyl sites for hydroxylation is 1. The van der Waals surface area contributed by atoms with Crippen molar-refractivity contribution in [3.63, 3.8) is 0 Å². The predicted octanol–water partition coefficient (Wildman–Crippen LogP) is 1.92. The van der Waals surface area contributed by atoms with Crippen molar-refractivity contribution in [2.75, 3.05) is 13.7 Å². The zero-order valence-corrected chi connectivity index (χ0v) is 10.3. The molecule has 0 atom stereocenters. The van der Waals surface area contributed by atoms with Crippen LogP contribution in [-0.4, -0.2) is 26.0 Å². The van der Waals surface area contributed by atoms with E-state index >= 15 is 0 Å². The Labute approximate surface area is 101 Å². The highest BCUT2D eigenvalue weighted by Gasteiger charge is 2.11. The molecule has 0 heterocycles. The highest BCUT2D eigenvalue weighted by Crippen LogP contribution is 2.22. The molecular formula is C13H16O4. The molecule has 17 heavy (non-hydrogen) atoms. The fourth-order valence-corrected chi connectivity index (χ4v) is 1.58. The van der Waals surface area contributed by atoms with Gasteiger partial charge in [-0.25, -0.2) is 0 Å². The molecule has 0 saturated carbocycles. The molecule has 0 bridgehead atoms. The predicted molar refractivity (Wildman–Crippen MR) is 63.5 cm³/mol. The van der Waals surface area contributed by atoms with E-state index in [4.69, 9.17) is 9.47 Å². The number of methoxy groups -OCH3 is 1. The maximum Gasteiger partial charge on any atom is 0.310 e. The van der Waals surface area contributed by atoms with Crippen molar-refractivity contribution in [3.05, 3.63) is 28.8 Å². The Morgan fingerprint density at radius 2 is 2.12 bits per heavy atom. The monoisotopic (exact) mass is 236 g/mol. The molecule has 0 amide bonds. The van der Waals surface area contributed by atoms with Crippen molar-refractivity contribution in [1.29, 1.82) is 0 Å². The molecule has 4 heteroatoms. The van der Waals surface area contributed by atoms with Gasteiger partial charge in [0, 0.05) is 0 Å². The lowest BCUT2D eigenvalue weighted by Crippen LogP contribution is -2.09. The second-order valence-electron chi connectivity index (χ2n) is 3.62. The van der Waals surface area contributed by atoms with Crippen LogP contribution >= 0.6 is 0 Å². The quantitative estimate of drug-likeness (QED) is 0.579. The van der Waals surface area contributed by atoms with Crippen LogP contribution in [0.1, 0.15) is 28.4 Å². The Balaban J connectivity index is 3.00. The maximum absolute atomic E-state index is 11.4. The van der Waals surface area contributed by atoms with E-state index in [1.165, 1.54) is 7.11 Å². The molecule has 0 saturated heterocycles. The first-order valence-corrected chi connectivity index (χ1v) is 5.40. The third kappa shape index (κ3) is 3.31. The van der Waals surface area contributed by atoms with Crippen molar-refractivity contribution in [1.82, 2.24) is 0 Å². The van der Waals surface area contributed by atoms with Crippen LogP contribution in [0.25, 0.3) is 0 Å². The molecule has 0 aliphatic heterocycles. The topological polar surface area (TPSA) is 52.6 Å². The molecule has 92 valence electrons. The molecule has 0 N–H and O–H groups in total. The minimum absolute atomic E-state index is 0.190. The van der Waals surface area contributed by atoms with Gasteiger partial charge < -0.3 is 9.47 Å². The summed E-state index contributed by atoms with van der Waals surface area (Å²) >= 11 is 0. The zero-order chi connectivity index (χ0) is 12.8. The third-order valence-corrected chi connectivity index (χ3v) is 2.46. The van der Waals surface area contributed by atoms with E-state index in [1.807, 2.05) is 6.92 Å². The molecule has 0 spiro atoms. The molecule has 1 rings (SSSR count). The third-order valence-electron chi connectivity index (χ3n) is 2.46. The van der Waals surface area contributed by atoms with E-state index < -0.39 is 0 Å². The first-order chi connectivity index (χ1) is 8.12. The number of hydrogen-bond acceptors (Lipinski definition) is 4. The van der Waals surface area contributed by atoms with E-state index in [0.717, 1.165) is 17.4 Å². The molecule has 1 aromatic rings. The molecular weight excluding hydrogens is 220 g/mol. The largest absolute Gasteiger partial charge is 0.496 e. The van der Waals surface area contributed by atoms with Gasteiger partial charge in [0.1, 0.15) is 5.75 Å². The lowest BCUT2D eigenvalue weighted by atomic mass is 10.0. The average molecular weight is 236 g/mol. The number of carbonyl (C=O) groups is 2. The summed E-state index contributed by atoms with van der Waals surface area (Å²) in [6, 6.07) is 3.41. The Bertz CT molecular complexity index is 424. The summed E-state index contributed by atoms with van der Waals surface area (Å²) in [5.41, 5.74) is 2.17. The van der Waals surface area contributed by atoms with Gasteiger partial charge in [0.2, 0.25) is 0 Å². The summed E-state index contributed by atoms with van der Waals surface area (Å²) in [6.07, 6.45) is 0.926. The highest BCUT2D eigenvalue weighted by atomic mass is 16.5. The van der Waals surface area contributed by atoms with Crippen molar-refractivity contribution in [3.8, 4) is 5.75 Å². The van der Waals surface area contributed by atoms with E-state index in [-0.39, 0.29) is 12.4 Å². The summed E-state index contributed by atoms with van der Waals surface area (Å²) in [6.45, 7) is 3.98. The van der Waals surface area contributed by atoms with Crippen molar-refractivity contribution in [2.24, 2.45) is 0 Å². The minimum Gasteiger partial charge on any atom is -0.496 e. The van der Waals surface area contributed by atoms with E-state index in [9.17, 15) is 9.59 Å². The van der Waals surface area contributed by atoms with Gasteiger partial charge in [-0.05, 0) is 37.1 Å². The van der Waals surface area contributed by atoms with Crippen molar-refractivity contribution in [2.45, 2.75) is 20.3 Å². The van der Waals surface area contributed by atoms with Crippen LogP contribution in [-0.2, 0) is 16.0 Å². The van der Waals surface area contributed by atoms with Gasteiger partial charge in [-0.15, -0.1) is 0 Å². The molecule has 0 aliphatic rings. The van der Waals surface area contributed by atoms with E-state index in [1.54, 1.807) is 19.1 Å². The van der Waals surface area contributed by atoms with Gasteiger partial charge in [-0.2, -0.15) is 0 Å². The van der Waals surface area contributed by atoms with E-state index in [0.29, 0.717) is 17.9 Å². The van der Waals surface area contributed by atoms with Gasteiger partial charge in [0.05, 0.1) is 25.7 Å². The lowest BCUT2D eigenvalue weighted by molar-refractivity contribution is -0.142. The van der Waals surface area contributed by atoms with Crippen molar-refractivity contribution < 1.29 is 19.1 Å². The Morgan fingerprint density at radius 3 is 2.65 bits per heavy atom. The number of hydrogen-bond donors (Lipinski definition) is 0. The van der Waals surface area contributed by atoms with Crippen LogP contribution in [0, 0.1) is 6.92 Å². The fourth-order valence-electron chi connectivity index (χ4n) is 1.58. The number of benzene rings is 1. The number of aldehydes is 1. The van der Waals surface area contributed by atoms with Gasteiger partial charge in [-0.3, -0.25) is 9.59 Å². The minimum atomic E-state index is -0.281. The zero-order valence-electron chi connectivity index (χ0n) is 10.3. The first-order valence-electron chi connectivity index (χ1n) is 5.40. The summed E-state index contributed by atoms with van der Waals surface area (Å²) in [7, 11) is 1.49. The van der Waals surface area contributed by atoms with Gasteiger partial charge in [-0.1, -0.05) is 0 Å². The van der Waals surface area contributed by atoms with Gasteiger partial charge >= 0.3 is 5.97 Å². The summed E-state index contributed by atoms with van der Waals surface area (Å²) in [4.78, 5) is 22.2. The smallest absolute Gasteiger partial charge is 0.310 e. The fraction of sp³-hybridized carbons (Fsp3) is 0.385. The van der Waals surface area contributed by atoms with E-state index in [2.05, 4.69) is 0 Å². The highest BCUT2D eigenvalue weighted by molar-refractivity contribution is 5.81. The number of esters is 1. The molecule has 4 nitrogen and oxygen atoms in total. The SMILES string of the molecule is CCOC(=O)Cc1cc(OC)c(C=O)cc1C. The van der Waals surface area contributed by atoms with Gasteiger partial charge in [0.25, 0.3) is 0 Å². The van der Waals surface area contributed by atoms with Crippen LogP contribution in [0.15, 0.2) is 12.1 Å². The molecule has 0 aromatic heterocycles. The summed E-state index contributed by atoms with van der Waals surface area (Å²) < 4.78 is 9.97. The second-order valence-corrected chi connectivity index (χ2v) is 3.62. The summed E-state index contributed by atoms with van der Waals surface area (Å²) in [5.74, 6) is 0.196. The molecule has 0 fully saturated rings. The van der Waals surface area contributed by atoms with Crippen LogP contribution in [0.3, 0.4) is 0 Å². The molecule has 1 aromatic carbocycles. The standard InChI is InChI=1S/C13H16O4/c1-4-17-13(15)7-10-6-12(16-3)11(8-14)5-9(10)2/h5-6,8H,4,7H2,1-3H3. The average Bonchev–Trinajstić information content (AvgIpc) is 2.31. The number of ether oxygens (including phenoxy) is 2. The molecule has 0 aliphatic carbocycles.